The second-order valence-corrected chi connectivity index (χ2v) is 7.48. The summed E-state index contributed by atoms with van der Waals surface area (Å²) in [5.74, 6) is 2.23. The van der Waals surface area contributed by atoms with E-state index in [9.17, 15) is 9.90 Å². The van der Waals surface area contributed by atoms with Crippen molar-refractivity contribution in [2.75, 3.05) is 26.2 Å². The number of hydrogen-bond acceptors (Lipinski definition) is 3. The Labute approximate surface area is 126 Å². The number of carbonyl (C=O) groups excluding carboxylic acids is 1. The lowest BCUT2D eigenvalue weighted by molar-refractivity contribution is -0.118. The predicted octanol–water partition coefficient (Wildman–Crippen LogP) is 1.16. The van der Waals surface area contributed by atoms with Crippen molar-refractivity contribution >= 4 is 5.91 Å². The summed E-state index contributed by atoms with van der Waals surface area (Å²) in [4.78, 5) is 14.8. The zero-order valence-electron chi connectivity index (χ0n) is 12.6. The average Bonchev–Trinajstić information content (AvgIpc) is 3.09. The summed E-state index contributed by atoms with van der Waals surface area (Å²) in [7, 11) is 0. The molecule has 3 saturated heterocycles. The maximum atomic E-state index is 12.4. The highest BCUT2D eigenvalue weighted by atomic mass is 16.3. The van der Waals surface area contributed by atoms with Gasteiger partial charge in [0.25, 0.3) is 0 Å². The van der Waals surface area contributed by atoms with Crippen molar-refractivity contribution < 1.29 is 9.90 Å². The molecule has 3 aliphatic heterocycles. The van der Waals surface area contributed by atoms with E-state index in [1.807, 2.05) is 6.08 Å². The highest BCUT2D eigenvalue weighted by molar-refractivity contribution is 5.88. The predicted molar refractivity (Wildman–Crippen MR) is 80.6 cm³/mol. The first kappa shape index (κ1) is 13.8. The van der Waals surface area contributed by atoms with Crippen LogP contribution in [-0.4, -0.2) is 48.2 Å². The summed E-state index contributed by atoms with van der Waals surface area (Å²) in [5, 5.41) is 12.8. The van der Waals surface area contributed by atoms with E-state index < -0.39 is 0 Å². The third-order valence-electron chi connectivity index (χ3n) is 6.44. The fourth-order valence-corrected chi connectivity index (χ4v) is 5.29. The number of carbonyl (C=O) groups is 1. The summed E-state index contributed by atoms with van der Waals surface area (Å²) in [6.45, 7) is 3.60. The van der Waals surface area contributed by atoms with E-state index in [1.54, 1.807) is 0 Å². The highest BCUT2D eigenvalue weighted by Gasteiger charge is 2.47. The molecule has 4 heteroatoms. The molecule has 5 fully saturated rings. The van der Waals surface area contributed by atoms with Gasteiger partial charge in [0.2, 0.25) is 5.91 Å². The van der Waals surface area contributed by atoms with E-state index in [0.29, 0.717) is 17.8 Å². The number of hydrogen-bond donors (Lipinski definition) is 2. The molecule has 5 aliphatic rings. The Morgan fingerprint density at radius 3 is 2.67 bits per heavy atom. The van der Waals surface area contributed by atoms with Crippen molar-refractivity contribution in [1.82, 2.24) is 10.2 Å². The van der Waals surface area contributed by atoms with Gasteiger partial charge < -0.3 is 10.4 Å². The summed E-state index contributed by atoms with van der Waals surface area (Å²) in [6, 6.07) is 0.208. The molecule has 2 saturated carbocycles. The van der Waals surface area contributed by atoms with Gasteiger partial charge in [-0.2, -0.15) is 0 Å². The fraction of sp³-hybridized carbons (Fsp3) is 0.824. The van der Waals surface area contributed by atoms with Gasteiger partial charge in [-0.3, -0.25) is 9.69 Å². The number of nitrogens with zero attached hydrogens (tertiary/aromatic N) is 1. The van der Waals surface area contributed by atoms with Crippen LogP contribution >= 0.6 is 0 Å². The van der Waals surface area contributed by atoms with Crippen LogP contribution in [0.2, 0.25) is 0 Å². The molecular weight excluding hydrogens is 264 g/mol. The second-order valence-electron chi connectivity index (χ2n) is 7.48. The molecule has 2 N–H and O–H groups in total. The minimum Gasteiger partial charge on any atom is -0.396 e. The molecule has 0 aromatic rings. The van der Waals surface area contributed by atoms with Gasteiger partial charge in [-0.1, -0.05) is 0 Å². The van der Waals surface area contributed by atoms with Gasteiger partial charge in [0.1, 0.15) is 0 Å². The smallest absolute Gasteiger partial charge is 0.244 e. The molecule has 0 radical (unpaired) electrons. The van der Waals surface area contributed by atoms with Crippen molar-refractivity contribution in [2.24, 2.45) is 23.7 Å². The number of fused-ring (bicyclic) bond motifs is 5. The van der Waals surface area contributed by atoms with Crippen molar-refractivity contribution in [3.05, 3.63) is 11.6 Å². The van der Waals surface area contributed by atoms with E-state index in [-0.39, 0.29) is 24.5 Å². The number of amides is 1. The van der Waals surface area contributed by atoms with Gasteiger partial charge in [0, 0.05) is 31.2 Å². The van der Waals surface area contributed by atoms with Crippen LogP contribution in [0, 0.1) is 23.7 Å². The van der Waals surface area contributed by atoms with E-state index in [1.165, 1.54) is 50.8 Å². The number of aliphatic hydroxyl groups is 1. The minimum atomic E-state index is 0.0785. The van der Waals surface area contributed by atoms with Gasteiger partial charge in [-0.25, -0.2) is 0 Å². The first-order valence-corrected chi connectivity index (χ1v) is 8.59. The lowest BCUT2D eigenvalue weighted by atomic mass is 9.83. The topological polar surface area (TPSA) is 52.6 Å². The quantitative estimate of drug-likeness (QED) is 0.767. The molecule has 2 aliphatic carbocycles. The number of nitrogens with one attached hydrogen (secondary N) is 1. The Kier molecular flexibility index (Phi) is 3.54. The van der Waals surface area contributed by atoms with Crippen LogP contribution in [0.4, 0.5) is 0 Å². The van der Waals surface area contributed by atoms with Crippen LogP contribution in [0.15, 0.2) is 11.6 Å². The molecular formula is C17H26N2O2. The van der Waals surface area contributed by atoms with Gasteiger partial charge in [-0.15, -0.1) is 0 Å². The Morgan fingerprint density at radius 2 is 2.00 bits per heavy atom. The van der Waals surface area contributed by atoms with Crippen LogP contribution in [0.25, 0.3) is 0 Å². The third kappa shape index (κ3) is 2.42. The van der Waals surface area contributed by atoms with Crippen LogP contribution in [0.3, 0.4) is 0 Å². The highest BCUT2D eigenvalue weighted by Crippen LogP contribution is 2.48. The third-order valence-corrected chi connectivity index (χ3v) is 6.44. The molecule has 5 rings (SSSR count). The molecule has 4 atom stereocenters. The zero-order valence-corrected chi connectivity index (χ0v) is 12.6. The molecule has 116 valence electrons. The summed E-state index contributed by atoms with van der Waals surface area (Å²) in [5.41, 5.74) is 1.33. The Balaban J connectivity index is 1.42. The SMILES string of the molecule is O=C(/C=C1/CN2CCC1CC2)NC1C2CCC(C2)C1CO. The fourth-order valence-electron chi connectivity index (χ4n) is 5.29. The summed E-state index contributed by atoms with van der Waals surface area (Å²) < 4.78 is 0. The molecule has 0 aromatic carbocycles. The lowest BCUT2D eigenvalue weighted by Gasteiger charge is -2.41. The largest absolute Gasteiger partial charge is 0.396 e. The Hall–Kier alpha value is -0.870. The summed E-state index contributed by atoms with van der Waals surface area (Å²) in [6.07, 6.45) is 7.96. The summed E-state index contributed by atoms with van der Waals surface area (Å²) >= 11 is 0. The Bertz CT molecular complexity index is 454. The van der Waals surface area contributed by atoms with Crippen LogP contribution in [0.1, 0.15) is 32.1 Å². The molecule has 3 heterocycles. The zero-order chi connectivity index (χ0) is 14.4. The first-order valence-electron chi connectivity index (χ1n) is 8.59. The molecule has 4 unspecified atom stereocenters. The molecule has 4 bridgehead atoms. The van der Waals surface area contributed by atoms with Gasteiger partial charge >= 0.3 is 0 Å². The van der Waals surface area contributed by atoms with Gasteiger partial charge in [-0.05, 0) is 68.5 Å². The standard InChI is InChI=1S/C17H26N2O2/c20-10-15-12-1-2-13(7-12)17(15)18-16(21)8-14-9-19-5-3-11(14)4-6-19/h8,11-13,15,17,20H,1-7,9-10H2,(H,18,21)/b14-8-. The molecule has 21 heavy (non-hydrogen) atoms. The van der Waals surface area contributed by atoms with Crippen molar-refractivity contribution in [3.63, 3.8) is 0 Å². The van der Waals surface area contributed by atoms with Crippen molar-refractivity contribution in [3.8, 4) is 0 Å². The molecule has 0 spiro atoms. The molecule has 0 aromatic heterocycles. The normalized spacial score (nSPS) is 46.2. The maximum absolute atomic E-state index is 12.4. The second kappa shape index (κ2) is 5.40. The lowest BCUT2D eigenvalue weighted by Crippen LogP contribution is -2.46. The van der Waals surface area contributed by atoms with Crippen LogP contribution in [0.5, 0.6) is 0 Å². The van der Waals surface area contributed by atoms with E-state index in [4.69, 9.17) is 0 Å². The molecule has 1 amide bonds. The number of aliphatic hydroxyl groups excluding tert-OH is 1. The minimum absolute atomic E-state index is 0.0785. The van der Waals surface area contributed by atoms with Crippen LogP contribution in [-0.2, 0) is 4.79 Å². The van der Waals surface area contributed by atoms with Crippen LogP contribution < -0.4 is 5.32 Å². The average molecular weight is 290 g/mol. The van der Waals surface area contributed by atoms with E-state index in [2.05, 4.69) is 10.2 Å². The maximum Gasteiger partial charge on any atom is 0.244 e. The number of piperidine rings is 3. The van der Waals surface area contributed by atoms with Crippen molar-refractivity contribution in [1.29, 1.82) is 0 Å². The first-order chi connectivity index (χ1) is 10.2. The van der Waals surface area contributed by atoms with Gasteiger partial charge in [0.05, 0.1) is 0 Å². The van der Waals surface area contributed by atoms with E-state index >= 15 is 0 Å². The van der Waals surface area contributed by atoms with E-state index in [0.717, 1.165) is 6.54 Å². The monoisotopic (exact) mass is 290 g/mol. The number of rotatable bonds is 3. The van der Waals surface area contributed by atoms with Crippen molar-refractivity contribution in [2.45, 2.75) is 38.1 Å². The van der Waals surface area contributed by atoms with Gasteiger partial charge in [0.15, 0.2) is 0 Å². The molecule has 4 nitrogen and oxygen atoms in total. The Morgan fingerprint density at radius 1 is 1.24 bits per heavy atom.